The number of nitrogens with two attached hydrogens (primary N) is 2. The number of hydrogen-bond acceptors (Lipinski definition) is 4. The first kappa shape index (κ1) is 13.2. The monoisotopic (exact) mass is 253 g/mol. The molecule has 5 nitrogen and oxygen atoms in total. The van der Waals surface area contributed by atoms with E-state index in [0.29, 0.717) is 11.5 Å². The molecule has 0 aromatic heterocycles. The van der Waals surface area contributed by atoms with Crippen LogP contribution in [-0.2, 0) is 4.74 Å². The molecule has 0 atom stereocenters. The van der Waals surface area contributed by atoms with Gasteiger partial charge in [0, 0.05) is 17.8 Å². The van der Waals surface area contributed by atoms with Gasteiger partial charge in [-0.25, -0.2) is 4.79 Å². The quantitative estimate of drug-likeness (QED) is 0.540. The first-order valence-corrected chi connectivity index (χ1v) is 5.48. The fourth-order valence-electron chi connectivity index (χ4n) is 1.40. The highest BCUT2D eigenvalue weighted by Gasteiger charge is 2.02. The third kappa shape index (κ3) is 4.28. The van der Waals surface area contributed by atoms with E-state index in [1.807, 2.05) is 25.1 Å². The van der Waals surface area contributed by atoms with E-state index in [9.17, 15) is 4.79 Å². The molecule has 0 aliphatic carbocycles. The number of thiocarbonyl (C=S) groups is 1. The number of rotatable bonds is 5. The zero-order valence-corrected chi connectivity index (χ0v) is 10.3. The average molecular weight is 253 g/mol. The lowest BCUT2D eigenvalue weighted by molar-refractivity contribution is 0.161. The minimum absolute atomic E-state index is 0.228. The van der Waals surface area contributed by atoms with Gasteiger partial charge in [0.25, 0.3) is 0 Å². The maximum Gasteiger partial charge on any atom is 0.404 e. The summed E-state index contributed by atoms with van der Waals surface area (Å²) in [5.74, 6) is 0. The van der Waals surface area contributed by atoms with Gasteiger partial charge in [-0.05, 0) is 30.7 Å². The maximum absolute atomic E-state index is 10.3. The number of carbonyl (C=O) groups excluding carboxylic acids is 1. The van der Waals surface area contributed by atoms with Gasteiger partial charge in [-0.1, -0.05) is 12.2 Å². The molecule has 6 heteroatoms. The maximum atomic E-state index is 10.3. The fraction of sp³-hybridized carbons (Fsp3) is 0.273. The Morgan fingerprint density at radius 3 is 2.71 bits per heavy atom. The number of amides is 1. The Hall–Kier alpha value is -1.82. The SMILES string of the molecule is Cc1cc(NCCOC(N)=O)ccc1C(N)=S. The Bertz CT molecular complexity index is 435. The van der Waals surface area contributed by atoms with Crippen molar-refractivity contribution in [3.8, 4) is 0 Å². The number of anilines is 1. The van der Waals surface area contributed by atoms with Crippen molar-refractivity contribution in [2.75, 3.05) is 18.5 Å². The second kappa shape index (κ2) is 6.05. The van der Waals surface area contributed by atoms with Crippen molar-refractivity contribution < 1.29 is 9.53 Å². The van der Waals surface area contributed by atoms with Crippen LogP contribution in [-0.4, -0.2) is 24.2 Å². The Labute approximate surface area is 105 Å². The van der Waals surface area contributed by atoms with Crippen LogP contribution < -0.4 is 16.8 Å². The van der Waals surface area contributed by atoms with Gasteiger partial charge in [0.2, 0.25) is 0 Å². The molecule has 0 saturated carbocycles. The van der Waals surface area contributed by atoms with Gasteiger partial charge in [0.1, 0.15) is 11.6 Å². The highest BCUT2D eigenvalue weighted by molar-refractivity contribution is 7.80. The van der Waals surface area contributed by atoms with Gasteiger partial charge in [0.15, 0.2) is 0 Å². The normalized spacial score (nSPS) is 9.71. The molecule has 0 spiro atoms. The number of ether oxygens (including phenoxy) is 1. The second-order valence-corrected chi connectivity index (χ2v) is 3.93. The van der Waals surface area contributed by atoms with Gasteiger partial charge >= 0.3 is 6.09 Å². The molecular formula is C11H15N3O2S. The van der Waals surface area contributed by atoms with Gasteiger partial charge in [-0.2, -0.15) is 0 Å². The molecule has 5 N–H and O–H groups in total. The summed E-state index contributed by atoms with van der Waals surface area (Å²) < 4.78 is 4.59. The molecule has 0 heterocycles. The minimum atomic E-state index is -0.771. The Balaban J connectivity index is 2.53. The van der Waals surface area contributed by atoms with E-state index in [-0.39, 0.29) is 6.61 Å². The van der Waals surface area contributed by atoms with Crippen LogP contribution in [0.5, 0.6) is 0 Å². The Morgan fingerprint density at radius 1 is 1.47 bits per heavy atom. The van der Waals surface area contributed by atoms with Crippen LogP contribution in [0.3, 0.4) is 0 Å². The molecule has 0 unspecified atom stereocenters. The van der Waals surface area contributed by atoms with E-state index in [0.717, 1.165) is 16.8 Å². The minimum Gasteiger partial charge on any atom is -0.448 e. The molecule has 0 aliphatic heterocycles. The summed E-state index contributed by atoms with van der Waals surface area (Å²) in [7, 11) is 0. The van der Waals surface area contributed by atoms with Gasteiger partial charge < -0.3 is 21.5 Å². The summed E-state index contributed by atoms with van der Waals surface area (Å²) in [4.78, 5) is 10.7. The zero-order chi connectivity index (χ0) is 12.8. The summed E-state index contributed by atoms with van der Waals surface area (Å²) >= 11 is 4.91. The third-order valence-corrected chi connectivity index (χ3v) is 2.39. The molecule has 1 rings (SSSR count). The van der Waals surface area contributed by atoms with Crippen LogP contribution in [0, 0.1) is 6.92 Å². The lowest BCUT2D eigenvalue weighted by Gasteiger charge is -2.09. The van der Waals surface area contributed by atoms with Crippen LogP contribution >= 0.6 is 12.2 Å². The van der Waals surface area contributed by atoms with E-state index in [1.165, 1.54) is 0 Å². The van der Waals surface area contributed by atoms with Crippen molar-refractivity contribution in [3.63, 3.8) is 0 Å². The number of hydrogen-bond donors (Lipinski definition) is 3. The van der Waals surface area contributed by atoms with Crippen LogP contribution in [0.25, 0.3) is 0 Å². The second-order valence-electron chi connectivity index (χ2n) is 3.49. The molecule has 0 fully saturated rings. The van der Waals surface area contributed by atoms with Gasteiger partial charge in [0.05, 0.1) is 0 Å². The van der Waals surface area contributed by atoms with Crippen LogP contribution in [0.1, 0.15) is 11.1 Å². The highest BCUT2D eigenvalue weighted by atomic mass is 32.1. The molecule has 0 saturated heterocycles. The summed E-state index contributed by atoms with van der Waals surface area (Å²) in [6.07, 6.45) is -0.771. The molecule has 92 valence electrons. The first-order valence-electron chi connectivity index (χ1n) is 5.07. The van der Waals surface area contributed by atoms with Crippen molar-refractivity contribution in [2.45, 2.75) is 6.92 Å². The van der Waals surface area contributed by atoms with E-state index in [1.54, 1.807) is 0 Å². The van der Waals surface area contributed by atoms with E-state index >= 15 is 0 Å². The number of nitrogens with one attached hydrogen (secondary N) is 1. The van der Waals surface area contributed by atoms with Gasteiger partial charge in [-0.15, -0.1) is 0 Å². The molecule has 17 heavy (non-hydrogen) atoms. The van der Waals surface area contributed by atoms with Crippen molar-refractivity contribution >= 4 is 29.0 Å². The summed E-state index contributed by atoms with van der Waals surface area (Å²) in [5, 5.41) is 3.09. The van der Waals surface area contributed by atoms with Gasteiger partial charge in [-0.3, -0.25) is 0 Å². The number of benzene rings is 1. The molecule has 0 radical (unpaired) electrons. The van der Waals surface area contributed by atoms with Crippen molar-refractivity contribution in [2.24, 2.45) is 11.5 Å². The summed E-state index contributed by atoms with van der Waals surface area (Å²) in [5.41, 5.74) is 13.2. The average Bonchev–Trinajstić information content (AvgIpc) is 2.23. The summed E-state index contributed by atoms with van der Waals surface area (Å²) in [6.45, 7) is 2.65. The Kier molecular flexibility index (Phi) is 4.71. The Morgan fingerprint density at radius 2 is 2.18 bits per heavy atom. The standard InChI is InChI=1S/C11H15N3O2S/c1-7-6-8(2-3-9(7)10(12)17)14-4-5-16-11(13)15/h2-3,6,14H,4-5H2,1H3,(H2,12,17)(H2,13,15). The lowest BCUT2D eigenvalue weighted by atomic mass is 10.1. The number of aryl methyl sites for hydroxylation is 1. The number of carbonyl (C=O) groups is 1. The van der Waals surface area contributed by atoms with Crippen LogP contribution in [0.15, 0.2) is 18.2 Å². The molecule has 1 aromatic rings. The molecule has 1 amide bonds. The predicted octanol–water partition coefficient (Wildman–Crippen LogP) is 1.14. The molecule has 1 aromatic carbocycles. The van der Waals surface area contributed by atoms with Crippen molar-refractivity contribution in [1.82, 2.24) is 0 Å². The topological polar surface area (TPSA) is 90.4 Å². The van der Waals surface area contributed by atoms with Crippen LogP contribution in [0.2, 0.25) is 0 Å². The lowest BCUT2D eigenvalue weighted by Crippen LogP contribution is -2.18. The van der Waals surface area contributed by atoms with Crippen LogP contribution in [0.4, 0.5) is 10.5 Å². The molecule has 0 aliphatic rings. The number of primary amides is 1. The molecule has 0 bridgehead atoms. The first-order chi connectivity index (χ1) is 8.00. The zero-order valence-electron chi connectivity index (χ0n) is 9.53. The molecular weight excluding hydrogens is 238 g/mol. The van der Waals surface area contributed by atoms with E-state index in [2.05, 4.69) is 10.1 Å². The smallest absolute Gasteiger partial charge is 0.404 e. The largest absolute Gasteiger partial charge is 0.448 e. The third-order valence-electron chi connectivity index (χ3n) is 2.17. The van der Waals surface area contributed by atoms with E-state index < -0.39 is 6.09 Å². The predicted molar refractivity (Wildman–Crippen MR) is 71.1 cm³/mol. The summed E-state index contributed by atoms with van der Waals surface area (Å²) in [6, 6.07) is 5.65. The highest BCUT2D eigenvalue weighted by Crippen LogP contribution is 2.14. The van der Waals surface area contributed by atoms with Crippen molar-refractivity contribution in [1.29, 1.82) is 0 Å². The van der Waals surface area contributed by atoms with E-state index in [4.69, 9.17) is 23.7 Å². The van der Waals surface area contributed by atoms with Crippen molar-refractivity contribution in [3.05, 3.63) is 29.3 Å². The fourth-order valence-corrected chi connectivity index (χ4v) is 1.63.